The predicted molar refractivity (Wildman–Crippen MR) is 176 cm³/mol. The number of benzene rings is 3. The summed E-state index contributed by atoms with van der Waals surface area (Å²) >= 11 is 0. The van der Waals surface area contributed by atoms with Crippen molar-refractivity contribution in [2.75, 3.05) is 25.4 Å². The van der Waals surface area contributed by atoms with Crippen molar-refractivity contribution in [1.29, 1.82) is 0 Å². The van der Waals surface area contributed by atoms with Gasteiger partial charge in [-0.2, -0.15) is 5.10 Å². The number of carbonyl (C=O) groups is 3. The highest BCUT2D eigenvalue weighted by atomic mass is 16.5. The Balaban J connectivity index is 0.950. The van der Waals surface area contributed by atoms with E-state index in [9.17, 15) is 14.4 Å². The lowest BCUT2D eigenvalue weighted by Crippen LogP contribution is -2.56. The molecule has 0 bridgehead atoms. The predicted octanol–water partition coefficient (Wildman–Crippen LogP) is 4.52. The maximum atomic E-state index is 13.1. The number of urea groups is 1. The van der Waals surface area contributed by atoms with Crippen molar-refractivity contribution in [1.82, 2.24) is 40.0 Å². The molecule has 5 aromatic rings. The summed E-state index contributed by atoms with van der Waals surface area (Å²) in [7, 11) is 0. The van der Waals surface area contributed by atoms with Gasteiger partial charge in [-0.3, -0.25) is 19.8 Å². The van der Waals surface area contributed by atoms with Gasteiger partial charge in [0, 0.05) is 37.2 Å². The van der Waals surface area contributed by atoms with E-state index in [1.165, 1.54) is 16.3 Å². The smallest absolute Gasteiger partial charge is 0.342 e. The Kier molecular flexibility index (Phi) is 7.44. The highest BCUT2D eigenvalue weighted by Gasteiger charge is 2.37. The van der Waals surface area contributed by atoms with Gasteiger partial charge >= 0.3 is 6.03 Å². The molecule has 13 nitrogen and oxygen atoms in total. The zero-order chi connectivity index (χ0) is 32.8. The molecule has 3 N–H and O–H groups in total. The monoisotopic (exact) mass is 643 g/mol. The molecule has 48 heavy (non-hydrogen) atoms. The van der Waals surface area contributed by atoms with Gasteiger partial charge in [0.15, 0.2) is 5.65 Å². The van der Waals surface area contributed by atoms with Crippen LogP contribution < -0.4 is 15.8 Å². The zero-order valence-corrected chi connectivity index (χ0v) is 26.1. The number of hydrazine groups is 1. The number of nitrogen functional groups attached to an aromatic ring is 1. The highest BCUT2D eigenvalue weighted by molar-refractivity contribution is 6.02. The molecule has 3 aliphatic rings. The molecule has 8 rings (SSSR count). The lowest BCUT2D eigenvalue weighted by molar-refractivity contribution is -0.123. The molecule has 0 atom stereocenters. The number of ether oxygens (including phenoxy) is 1. The summed E-state index contributed by atoms with van der Waals surface area (Å²) in [5.74, 6) is 1.33. The van der Waals surface area contributed by atoms with Crippen molar-refractivity contribution in [3.05, 3.63) is 95.8 Å². The molecule has 2 aromatic heterocycles. The van der Waals surface area contributed by atoms with Gasteiger partial charge in [-0.1, -0.05) is 30.3 Å². The average Bonchev–Trinajstić information content (AvgIpc) is 3.64. The first kappa shape index (κ1) is 29.6. The molecule has 0 radical (unpaired) electrons. The Morgan fingerprint density at radius 3 is 2.42 bits per heavy atom. The number of hydrogen-bond acceptors (Lipinski definition) is 9. The third-order valence-corrected chi connectivity index (χ3v) is 9.21. The number of nitrogens with zero attached hydrogens (tertiary/aromatic N) is 7. The fourth-order valence-electron chi connectivity index (χ4n) is 6.78. The zero-order valence-electron chi connectivity index (χ0n) is 26.1. The van der Waals surface area contributed by atoms with E-state index in [1.807, 2.05) is 71.4 Å². The van der Waals surface area contributed by atoms with Crippen LogP contribution in [0.2, 0.25) is 0 Å². The van der Waals surface area contributed by atoms with E-state index >= 15 is 0 Å². The van der Waals surface area contributed by atoms with Gasteiger partial charge in [0.1, 0.15) is 29.3 Å². The fraction of sp³-hybridized carbons (Fsp3) is 0.257. The van der Waals surface area contributed by atoms with Crippen molar-refractivity contribution in [2.24, 2.45) is 0 Å². The van der Waals surface area contributed by atoms with Crippen molar-refractivity contribution >= 4 is 34.7 Å². The minimum absolute atomic E-state index is 0.140. The molecular formula is C35H33N9O4. The molecule has 0 spiro atoms. The summed E-state index contributed by atoms with van der Waals surface area (Å²) in [5.41, 5.74) is 11.3. The summed E-state index contributed by atoms with van der Waals surface area (Å²) in [4.78, 5) is 48.3. The second kappa shape index (κ2) is 12.1. The number of hydrogen-bond donors (Lipinski definition) is 2. The number of carbonyl (C=O) groups excluding carboxylic acids is 3. The van der Waals surface area contributed by atoms with Crippen molar-refractivity contribution in [3.8, 4) is 22.8 Å². The van der Waals surface area contributed by atoms with E-state index in [1.54, 1.807) is 0 Å². The molecule has 0 aliphatic carbocycles. The molecule has 2 fully saturated rings. The molecule has 2 saturated heterocycles. The molecule has 3 aliphatic heterocycles. The largest absolute Gasteiger partial charge is 0.457 e. The first-order valence-corrected chi connectivity index (χ1v) is 16.0. The number of nitrogens with one attached hydrogen (secondary N) is 1. The summed E-state index contributed by atoms with van der Waals surface area (Å²) in [5, 5.41) is 10.8. The van der Waals surface area contributed by atoms with Crippen LogP contribution in [0, 0.1) is 0 Å². The normalized spacial score (nSPS) is 17.2. The van der Waals surface area contributed by atoms with Crippen LogP contribution in [0.15, 0.2) is 79.1 Å². The summed E-state index contributed by atoms with van der Waals surface area (Å²) in [6, 6.07) is 22.9. The minimum Gasteiger partial charge on any atom is -0.457 e. The lowest BCUT2D eigenvalue weighted by Gasteiger charge is -2.33. The maximum Gasteiger partial charge on any atom is 0.342 e. The van der Waals surface area contributed by atoms with Crippen LogP contribution in [-0.2, 0) is 17.9 Å². The maximum absolute atomic E-state index is 13.1. The van der Waals surface area contributed by atoms with E-state index in [0.717, 1.165) is 77.4 Å². The number of imide groups is 1. The molecular weight excluding hydrogens is 610 g/mol. The van der Waals surface area contributed by atoms with E-state index < -0.39 is 6.03 Å². The number of piperidine rings is 1. The van der Waals surface area contributed by atoms with E-state index in [-0.39, 0.29) is 30.8 Å². The second-order valence-electron chi connectivity index (χ2n) is 12.3. The number of nitrogens with two attached hydrogens (primary N) is 1. The lowest BCUT2D eigenvalue weighted by atomic mass is 10.0. The van der Waals surface area contributed by atoms with Crippen LogP contribution in [-0.4, -0.2) is 72.1 Å². The average molecular weight is 644 g/mol. The Bertz CT molecular complexity index is 2040. The van der Waals surface area contributed by atoms with Gasteiger partial charge in [-0.25, -0.2) is 29.5 Å². The Hall–Kier alpha value is -5.82. The van der Waals surface area contributed by atoms with Crippen LogP contribution in [0.1, 0.15) is 46.8 Å². The number of fused-ring (bicyclic) bond motifs is 2. The quantitative estimate of drug-likeness (QED) is 0.261. The second-order valence-corrected chi connectivity index (χ2v) is 12.3. The van der Waals surface area contributed by atoms with Crippen LogP contribution >= 0.6 is 0 Å². The Morgan fingerprint density at radius 2 is 1.65 bits per heavy atom. The van der Waals surface area contributed by atoms with Gasteiger partial charge in [0.2, 0.25) is 5.91 Å². The van der Waals surface area contributed by atoms with Crippen LogP contribution in [0.25, 0.3) is 22.3 Å². The fourth-order valence-corrected chi connectivity index (χ4v) is 6.78. The van der Waals surface area contributed by atoms with E-state index in [0.29, 0.717) is 17.9 Å². The first-order chi connectivity index (χ1) is 23.4. The summed E-state index contributed by atoms with van der Waals surface area (Å²) in [6.07, 6.45) is 3.41. The molecule has 0 unspecified atom stereocenters. The van der Waals surface area contributed by atoms with Gasteiger partial charge in [0.25, 0.3) is 5.91 Å². The number of para-hydroxylation sites is 1. The number of rotatable bonds is 7. The van der Waals surface area contributed by atoms with Crippen molar-refractivity contribution in [2.45, 2.75) is 38.4 Å². The summed E-state index contributed by atoms with van der Waals surface area (Å²) in [6.45, 7) is 2.95. The molecule has 242 valence electrons. The van der Waals surface area contributed by atoms with Crippen molar-refractivity contribution < 1.29 is 19.1 Å². The molecule has 3 aromatic carbocycles. The van der Waals surface area contributed by atoms with Crippen molar-refractivity contribution in [3.63, 3.8) is 0 Å². The van der Waals surface area contributed by atoms with Gasteiger partial charge in [0.05, 0.1) is 24.5 Å². The van der Waals surface area contributed by atoms with E-state index in [4.69, 9.17) is 15.6 Å². The third kappa shape index (κ3) is 5.47. The summed E-state index contributed by atoms with van der Waals surface area (Å²) < 4.78 is 7.98. The first-order valence-electron chi connectivity index (χ1n) is 16.0. The molecule has 5 heterocycles. The number of anilines is 1. The van der Waals surface area contributed by atoms with Gasteiger partial charge in [-0.15, -0.1) is 0 Å². The van der Waals surface area contributed by atoms with Gasteiger partial charge < -0.3 is 10.5 Å². The SMILES string of the molecule is Nc1ncnc2c1c(-c1ccc(Oc3ccccc3)cc1)nn2C1CCN(Cc2ccc3c(c2)CN(N2CCC(=O)NC2=O)C3=O)CC1. The molecule has 0 saturated carbocycles. The third-order valence-electron chi connectivity index (χ3n) is 9.21. The topological polar surface area (TPSA) is 152 Å². The standard InChI is InChI=1S/C35H33N9O4/c36-32-30-31(23-7-9-27(10-8-23)48-26-4-2-1-3-5-26)40-44(33(30)38-21-37-32)25-12-15-41(16-13-25)19-22-6-11-28-24(18-22)20-43(34(28)46)42-17-14-29(45)39-35(42)47/h1-11,18,21,25H,12-17,19-20H2,(H2,36,37,38)(H,39,45,47). The number of likely N-dealkylation sites (tertiary alicyclic amines) is 1. The number of aromatic nitrogens is 4. The van der Waals surface area contributed by atoms with Gasteiger partial charge in [-0.05, 0) is 66.4 Å². The highest BCUT2D eigenvalue weighted by Crippen LogP contribution is 2.35. The Morgan fingerprint density at radius 1 is 0.875 bits per heavy atom. The van der Waals surface area contributed by atoms with E-state index in [2.05, 4.69) is 26.3 Å². The molecule has 13 heteroatoms. The minimum atomic E-state index is -0.562. The van der Waals surface area contributed by atoms with Crippen LogP contribution in [0.5, 0.6) is 11.5 Å². The van der Waals surface area contributed by atoms with Crippen LogP contribution in [0.4, 0.5) is 10.6 Å². The Labute approximate surface area is 275 Å². The number of amides is 4. The molecule has 4 amide bonds. The van der Waals surface area contributed by atoms with Crippen LogP contribution in [0.3, 0.4) is 0 Å².